The van der Waals surface area contributed by atoms with Gasteiger partial charge in [-0.1, -0.05) is 0 Å². The highest BCUT2D eigenvalue weighted by atomic mass is 35.5. The molecule has 1 atom stereocenters. The number of carbonyl (C=O) groups is 1. The molecular weight excluding hydrogens is 288 g/mol. The van der Waals surface area contributed by atoms with E-state index in [9.17, 15) is 4.79 Å². The van der Waals surface area contributed by atoms with Gasteiger partial charge in [-0.05, 0) is 63.9 Å². The lowest BCUT2D eigenvalue weighted by Crippen LogP contribution is -2.46. The molecule has 1 aromatic rings. The first-order chi connectivity index (χ1) is 9.55. The van der Waals surface area contributed by atoms with E-state index in [-0.39, 0.29) is 23.7 Å². The molecular formula is C16H25ClN2O2. The van der Waals surface area contributed by atoms with E-state index in [1.165, 1.54) is 0 Å². The normalized spacial score (nSPS) is 21.3. The van der Waals surface area contributed by atoms with Crippen molar-refractivity contribution in [1.82, 2.24) is 5.32 Å². The van der Waals surface area contributed by atoms with Crippen molar-refractivity contribution in [2.24, 2.45) is 5.41 Å². The summed E-state index contributed by atoms with van der Waals surface area (Å²) >= 11 is 0. The summed E-state index contributed by atoms with van der Waals surface area (Å²) in [5.41, 5.74) is 1.57. The molecule has 2 rings (SSSR count). The largest absolute Gasteiger partial charge is 0.494 e. The number of halogens is 1. The Bertz CT molecular complexity index is 485. The van der Waals surface area contributed by atoms with Crippen molar-refractivity contribution in [2.75, 3.05) is 25.0 Å². The summed E-state index contributed by atoms with van der Waals surface area (Å²) in [6, 6.07) is 5.77. The van der Waals surface area contributed by atoms with Crippen LogP contribution in [-0.4, -0.2) is 25.6 Å². The van der Waals surface area contributed by atoms with Crippen molar-refractivity contribution in [3.63, 3.8) is 0 Å². The summed E-state index contributed by atoms with van der Waals surface area (Å²) in [6.45, 7) is 8.37. The zero-order valence-corrected chi connectivity index (χ0v) is 13.8. The quantitative estimate of drug-likeness (QED) is 0.898. The number of rotatable bonds is 4. The number of ether oxygens (including phenoxy) is 1. The Balaban J connectivity index is 0.00000220. The highest BCUT2D eigenvalue weighted by Gasteiger charge is 2.34. The summed E-state index contributed by atoms with van der Waals surface area (Å²) in [6.07, 6.45) is 1.98. The maximum Gasteiger partial charge on any atom is 0.231 e. The predicted molar refractivity (Wildman–Crippen MR) is 88.4 cm³/mol. The zero-order valence-electron chi connectivity index (χ0n) is 13.0. The monoisotopic (exact) mass is 312 g/mol. The Labute approximate surface area is 133 Å². The first-order valence-corrected chi connectivity index (χ1v) is 7.31. The van der Waals surface area contributed by atoms with Crippen molar-refractivity contribution < 1.29 is 9.53 Å². The minimum absolute atomic E-state index is 0. The summed E-state index contributed by atoms with van der Waals surface area (Å²) in [4.78, 5) is 12.5. The number of anilines is 1. The van der Waals surface area contributed by atoms with Gasteiger partial charge in [0.15, 0.2) is 0 Å². The van der Waals surface area contributed by atoms with Crippen molar-refractivity contribution in [3.05, 3.63) is 23.8 Å². The molecule has 1 amide bonds. The van der Waals surface area contributed by atoms with Gasteiger partial charge in [-0.2, -0.15) is 0 Å². The van der Waals surface area contributed by atoms with Gasteiger partial charge < -0.3 is 15.4 Å². The highest BCUT2D eigenvalue weighted by Crippen LogP contribution is 2.29. The van der Waals surface area contributed by atoms with Crippen molar-refractivity contribution in [1.29, 1.82) is 0 Å². The molecule has 1 fully saturated rings. The molecule has 0 aromatic heterocycles. The van der Waals surface area contributed by atoms with E-state index in [1.54, 1.807) is 0 Å². The molecule has 1 heterocycles. The molecule has 1 aliphatic rings. The molecule has 0 saturated carbocycles. The number of nitrogens with one attached hydrogen (secondary N) is 2. The smallest absolute Gasteiger partial charge is 0.231 e. The Morgan fingerprint density at radius 2 is 2.24 bits per heavy atom. The average molecular weight is 313 g/mol. The Kier molecular flexibility index (Phi) is 6.49. The number of aryl methyl sites for hydroxylation is 1. The van der Waals surface area contributed by atoms with E-state index in [0.717, 1.165) is 42.9 Å². The van der Waals surface area contributed by atoms with Crippen molar-refractivity contribution >= 4 is 24.0 Å². The second-order valence-electron chi connectivity index (χ2n) is 5.70. The van der Waals surface area contributed by atoms with E-state index < -0.39 is 0 Å². The molecule has 21 heavy (non-hydrogen) atoms. The molecule has 2 N–H and O–H groups in total. The van der Waals surface area contributed by atoms with Crippen LogP contribution in [0.2, 0.25) is 0 Å². The van der Waals surface area contributed by atoms with Crippen LogP contribution in [-0.2, 0) is 4.79 Å². The van der Waals surface area contributed by atoms with Crippen LogP contribution < -0.4 is 15.4 Å². The molecule has 1 saturated heterocycles. The maximum absolute atomic E-state index is 12.5. The fourth-order valence-corrected chi connectivity index (χ4v) is 2.56. The molecule has 1 unspecified atom stereocenters. The van der Waals surface area contributed by atoms with Gasteiger partial charge in [-0.3, -0.25) is 4.79 Å². The van der Waals surface area contributed by atoms with Crippen LogP contribution in [0.3, 0.4) is 0 Å². The minimum Gasteiger partial charge on any atom is -0.494 e. The van der Waals surface area contributed by atoms with E-state index in [2.05, 4.69) is 10.6 Å². The first kappa shape index (κ1) is 17.8. The third kappa shape index (κ3) is 4.35. The van der Waals surface area contributed by atoms with E-state index in [1.807, 2.05) is 39.0 Å². The Hall–Kier alpha value is -1.26. The van der Waals surface area contributed by atoms with Crippen LogP contribution >= 0.6 is 12.4 Å². The van der Waals surface area contributed by atoms with Gasteiger partial charge in [0.1, 0.15) is 5.75 Å². The van der Waals surface area contributed by atoms with Gasteiger partial charge in [0.25, 0.3) is 0 Å². The summed E-state index contributed by atoms with van der Waals surface area (Å²) in [7, 11) is 0. The highest BCUT2D eigenvalue weighted by molar-refractivity contribution is 5.96. The van der Waals surface area contributed by atoms with Crippen LogP contribution in [0.15, 0.2) is 18.2 Å². The molecule has 1 aromatic carbocycles. The average Bonchev–Trinajstić information content (AvgIpc) is 2.43. The standard InChI is InChI=1S/C16H24N2O2.ClH/c1-4-20-13-6-7-14(12(2)10-13)18-15(19)16(3)8-5-9-17-11-16;/h6-7,10,17H,4-5,8-9,11H2,1-3H3,(H,18,19);1H. The summed E-state index contributed by atoms with van der Waals surface area (Å²) in [5, 5.41) is 6.36. The Morgan fingerprint density at radius 1 is 1.48 bits per heavy atom. The van der Waals surface area contributed by atoms with Gasteiger partial charge >= 0.3 is 0 Å². The first-order valence-electron chi connectivity index (χ1n) is 7.31. The fourth-order valence-electron chi connectivity index (χ4n) is 2.56. The number of piperidine rings is 1. The molecule has 118 valence electrons. The summed E-state index contributed by atoms with van der Waals surface area (Å²) < 4.78 is 5.46. The lowest BCUT2D eigenvalue weighted by molar-refractivity contribution is -0.125. The molecule has 0 spiro atoms. The van der Waals surface area contributed by atoms with Crippen LogP contribution in [0.5, 0.6) is 5.75 Å². The second-order valence-corrected chi connectivity index (χ2v) is 5.70. The van der Waals surface area contributed by atoms with E-state index >= 15 is 0 Å². The van der Waals surface area contributed by atoms with Gasteiger partial charge in [0.05, 0.1) is 12.0 Å². The SMILES string of the molecule is CCOc1ccc(NC(=O)C2(C)CCCNC2)c(C)c1.Cl. The molecule has 5 heteroatoms. The molecule has 0 bridgehead atoms. The van der Waals surface area contributed by atoms with Crippen LogP contribution in [0.4, 0.5) is 5.69 Å². The predicted octanol–water partition coefficient (Wildman–Crippen LogP) is 3.14. The molecule has 1 aliphatic heterocycles. The number of hydrogen-bond acceptors (Lipinski definition) is 3. The van der Waals surface area contributed by atoms with Crippen LogP contribution in [0.25, 0.3) is 0 Å². The number of hydrogen-bond donors (Lipinski definition) is 2. The van der Waals surface area contributed by atoms with Crippen molar-refractivity contribution in [2.45, 2.75) is 33.6 Å². The number of amides is 1. The summed E-state index contributed by atoms with van der Waals surface area (Å²) in [5.74, 6) is 0.936. The third-order valence-electron chi connectivity index (χ3n) is 3.90. The fraction of sp³-hybridized carbons (Fsp3) is 0.562. The van der Waals surface area contributed by atoms with Gasteiger partial charge in [0.2, 0.25) is 5.91 Å². The van der Waals surface area contributed by atoms with E-state index in [0.29, 0.717) is 6.61 Å². The van der Waals surface area contributed by atoms with E-state index in [4.69, 9.17) is 4.74 Å². The topological polar surface area (TPSA) is 50.4 Å². The van der Waals surface area contributed by atoms with Gasteiger partial charge in [0, 0.05) is 12.2 Å². The van der Waals surface area contributed by atoms with Gasteiger partial charge in [-0.15, -0.1) is 12.4 Å². The number of benzene rings is 1. The minimum atomic E-state index is -0.316. The molecule has 0 radical (unpaired) electrons. The lowest BCUT2D eigenvalue weighted by Gasteiger charge is -2.32. The third-order valence-corrected chi connectivity index (χ3v) is 3.90. The lowest BCUT2D eigenvalue weighted by atomic mass is 9.82. The second kappa shape index (κ2) is 7.66. The maximum atomic E-state index is 12.5. The number of carbonyl (C=O) groups excluding carboxylic acids is 1. The van der Waals surface area contributed by atoms with Crippen LogP contribution in [0.1, 0.15) is 32.3 Å². The molecule has 4 nitrogen and oxygen atoms in total. The van der Waals surface area contributed by atoms with Gasteiger partial charge in [-0.25, -0.2) is 0 Å². The molecule has 0 aliphatic carbocycles. The van der Waals surface area contributed by atoms with Crippen molar-refractivity contribution in [3.8, 4) is 5.75 Å². The zero-order chi connectivity index (χ0) is 14.6. The van der Waals surface area contributed by atoms with Crippen LogP contribution in [0, 0.1) is 12.3 Å². The Morgan fingerprint density at radius 3 is 2.81 bits per heavy atom.